The Hall–Kier alpha value is -5.13. The molecule has 0 bridgehead atoms. The van der Waals surface area contributed by atoms with Gasteiger partial charge >= 0.3 is 17.9 Å². The molecule has 254 valence electrons. The molecule has 6 heterocycles. The number of furan rings is 3. The van der Waals surface area contributed by atoms with Crippen molar-refractivity contribution < 1.29 is 41.8 Å². The number of ether oxygens (including phenoxy) is 3. The molecule has 0 saturated heterocycles. The number of fused-ring (bicyclic) bond motifs is 3. The Labute approximate surface area is 276 Å². The van der Waals surface area contributed by atoms with Crippen LogP contribution in [0, 0.1) is 17.8 Å². The molecule has 0 aliphatic carbocycles. The molecule has 12 nitrogen and oxygen atoms in total. The molecule has 0 radical (unpaired) electrons. The van der Waals surface area contributed by atoms with E-state index in [4.69, 9.17) is 27.5 Å². The van der Waals surface area contributed by atoms with E-state index >= 15 is 0 Å². The molecular weight excluding hydrogens is 618 g/mol. The van der Waals surface area contributed by atoms with Crippen molar-refractivity contribution in [3.05, 3.63) is 71.3 Å². The van der Waals surface area contributed by atoms with E-state index in [0.717, 1.165) is 29.6 Å². The van der Waals surface area contributed by atoms with Crippen molar-refractivity contribution in [3.63, 3.8) is 0 Å². The normalized spacial score (nSPS) is 13.1. The lowest BCUT2D eigenvalue weighted by Gasteiger charge is -2.10. The first-order chi connectivity index (χ1) is 23.1. The lowest BCUT2D eigenvalue weighted by atomic mass is 10.0. The molecule has 6 aromatic rings. The highest BCUT2D eigenvalue weighted by atomic mass is 16.5. The molecule has 6 rings (SSSR count). The molecule has 0 spiro atoms. The molecule has 48 heavy (non-hydrogen) atoms. The fourth-order valence-electron chi connectivity index (χ4n) is 5.64. The number of aromatic nitrogens is 3. The van der Waals surface area contributed by atoms with Crippen LogP contribution in [0.2, 0.25) is 0 Å². The summed E-state index contributed by atoms with van der Waals surface area (Å²) in [5, 5.41) is 0. The van der Waals surface area contributed by atoms with Crippen molar-refractivity contribution >= 4 is 51.2 Å². The van der Waals surface area contributed by atoms with Gasteiger partial charge in [0.25, 0.3) is 0 Å². The van der Waals surface area contributed by atoms with E-state index in [1.807, 2.05) is 19.1 Å². The summed E-state index contributed by atoms with van der Waals surface area (Å²) in [6.45, 7) is 9.18. The summed E-state index contributed by atoms with van der Waals surface area (Å²) >= 11 is 0. The van der Waals surface area contributed by atoms with Gasteiger partial charge in [-0.2, -0.15) is 0 Å². The van der Waals surface area contributed by atoms with Crippen LogP contribution >= 0.6 is 0 Å². The molecule has 3 N–H and O–H groups in total. The van der Waals surface area contributed by atoms with Crippen LogP contribution in [0.5, 0.6) is 0 Å². The first-order valence-corrected chi connectivity index (χ1v) is 16.4. The van der Waals surface area contributed by atoms with Crippen molar-refractivity contribution in [3.8, 4) is 0 Å². The van der Waals surface area contributed by atoms with Crippen LogP contribution in [0.4, 0.5) is 0 Å². The van der Waals surface area contributed by atoms with Gasteiger partial charge in [-0.15, -0.1) is 0 Å². The number of carbonyl (C=O) groups is 3. The second kappa shape index (κ2) is 14.3. The lowest BCUT2D eigenvalue weighted by Crippen LogP contribution is -2.14. The SMILES string of the molecule is CC(C)CCCOC(=O)c1cc2oc(CC(C)CCOC(=O)c3cc4oc(CC(C)COC(=O)c5cc6occc6[nH]5)cc4[nH]3)cc2[nH]1. The smallest absolute Gasteiger partial charge is 0.354 e. The van der Waals surface area contributed by atoms with Gasteiger partial charge in [-0.25, -0.2) is 14.4 Å². The summed E-state index contributed by atoms with van der Waals surface area (Å²) in [4.78, 5) is 46.5. The number of hydrogen-bond acceptors (Lipinski definition) is 9. The Kier molecular flexibility index (Phi) is 9.79. The number of rotatable bonds is 16. The predicted molar refractivity (Wildman–Crippen MR) is 177 cm³/mol. The van der Waals surface area contributed by atoms with Gasteiger partial charge in [-0.1, -0.05) is 27.7 Å². The molecule has 2 atom stereocenters. The number of esters is 3. The summed E-state index contributed by atoms with van der Waals surface area (Å²) < 4.78 is 33.5. The third kappa shape index (κ3) is 7.87. The lowest BCUT2D eigenvalue weighted by molar-refractivity contribution is 0.0438. The molecule has 0 saturated carbocycles. The monoisotopic (exact) mass is 659 g/mol. The summed E-state index contributed by atoms with van der Waals surface area (Å²) in [6, 6.07) is 10.4. The summed E-state index contributed by atoms with van der Waals surface area (Å²) in [6.07, 6.45) is 5.26. The molecule has 12 heteroatoms. The zero-order chi connectivity index (χ0) is 33.8. The van der Waals surface area contributed by atoms with Crippen molar-refractivity contribution in [2.45, 2.75) is 59.8 Å². The molecule has 2 unspecified atom stereocenters. The van der Waals surface area contributed by atoms with Crippen LogP contribution in [0.3, 0.4) is 0 Å². The van der Waals surface area contributed by atoms with E-state index in [0.29, 0.717) is 76.9 Å². The first-order valence-electron chi connectivity index (χ1n) is 16.4. The van der Waals surface area contributed by atoms with Gasteiger partial charge in [0, 0.05) is 49.2 Å². The number of aromatic amines is 3. The van der Waals surface area contributed by atoms with E-state index < -0.39 is 11.9 Å². The van der Waals surface area contributed by atoms with Crippen LogP contribution in [0.25, 0.3) is 33.3 Å². The topological polar surface area (TPSA) is 166 Å². The number of H-pyrrole nitrogens is 3. The van der Waals surface area contributed by atoms with E-state index in [1.165, 1.54) is 0 Å². The first kappa shape index (κ1) is 32.8. The molecule has 0 amide bonds. The van der Waals surface area contributed by atoms with Gasteiger partial charge in [-0.3, -0.25) is 0 Å². The molecule has 0 aliphatic heterocycles. The third-order valence-electron chi connectivity index (χ3n) is 8.21. The highest BCUT2D eigenvalue weighted by Crippen LogP contribution is 2.25. The second-order valence-electron chi connectivity index (χ2n) is 13.0. The highest BCUT2D eigenvalue weighted by Gasteiger charge is 2.19. The number of carbonyl (C=O) groups excluding carboxylic acids is 3. The Bertz CT molecular complexity index is 1920. The minimum Gasteiger partial charge on any atom is -0.463 e. The maximum Gasteiger partial charge on any atom is 0.354 e. The zero-order valence-corrected chi connectivity index (χ0v) is 27.6. The quantitative estimate of drug-likeness (QED) is 0.0531. The van der Waals surface area contributed by atoms with Crippen molar-refractivity contribution in [1.29, 1.82) is 0 Å². The molecule has 0 fully saturated rings. The van der Waals surface area contributed by atoms with Gasteiger partial charge in [0.1, 0.15) is 28.6 Å². The van der Waals surface area contributed by atoms with Crippen LogP contribution in [-0.4, -0.2) is 52.7 Å². The van der Waals surface area contributed by atoms with Crippen LogP contribution in [0.15, 0.2) is 55.9 Å². The maximum atomic E-state index is 12.7. The summed E-state index contributed by atoms with van der Waals surface area (Å²) in [5.41, 5.74) is 4.99. The van der Waals surface area contributed by atoms with E-state index in [-0.39, 0.29) is 31.0 Å². The number of nitrogens with one attached hydrogen (secondary N) is 3. The molecule has 0 aliphatic rings. The van der Waals surface area contributed by atoms with Gasteiger partial charge in [0.05, 0.1) is 42.6 Å². The fraction of sp³-hybridized carbons (Fsp3) is 0.417. The Balaban J connectivity index is 0.909. The van der Waals surface area contributed by atoms with Crippen molar-refractivity contribution in [2.24, 2.45) is 17.8 Å². The second-order valence-corrected chi connectivity index (χ2v) is 13.0. The van der Waals surface area contributed by atoms with Crippen molar-refractivity contribution in [2.75, 3.05) is 19.8 Å². The molecule has 6 aromatic heterocycles. The third-order valence-corrected chi connectivity index (χ3v) is 8.21. The van der Waals surface area contributed by atoms with Gasteiger partial charge < -0.3 is 42.4 Å². The molecule has 0 aromatic carbocycles. The number of hydrogen-bond donors (Lipinski definition) is 3. The Morgan fingerprint density at radius 1 is 0.646 bits per heavy atom. The van der Waals surface area contributed by atoms with Gasteiger partial charge in [-0.05, 0) is 37.0 Å². The minimum atomic E-state index is -0.457. The zero-order valence-electron chi connectivity index (χ0n) is 27.6. The highest BCUT2D eigenvalue weighted by molar-refractivity contribution is 5.94. The summed E-state index contributed by atoms with van der Waals surface area (Å²) in [7, 11) is 0. The minimum absolute atomic E-state index is 0.00837. The van der Waals surface area contributed by atoms with E-state index in [9.17, 15) is 14.4 Å². The Morgan fingerprint density at radius 2 is 1.19 bits per heavy atom. The van der Waals surface area contributed by atoms with Crippen molar-refractivity contribution in [1.82, 2.24) is 15.0 Å². The maximum absolute atomic E-state index is 12.7. The summed E-state index contributed by atoms with van der Waals surface area (Å²) in [5.74, 6) is 0.995. The van der Waals surface area contributed by atoms with E-state index in [1.54, 1.807) is 30.5 Å². The van der Waals surface area contributed by atoms with E-state index in [2.05, 4.69) is 35.7 Å². The van der Waals surface area contributed by atoms with Crippen LogP contribution < -0.4 is 0 Å². The largest absolute Gasteiger partial charge is 0.463 e. The van der Waals surface area contributed by atoms with Crippen LogP contribution in [-0.2, 0) is 27.1 Å². The standard InChI is InChI=1S/C36H41N3O9/c1-20(2)6-5-9-44-34(40)29-17-32-26(38-29)14-23(47-32)12-21(3)7-10-45-35(41)30-18-33-27(39-30)15-24(48-33)13-22(4)19-46-36(42)28-16-31-25(37-28)8-11-43-31/h8,11,14-18,20-22,37-39H,5-7,9-10,12-13,19H2,1-4H3. The Morgan fingerprint density at radius 3 is 1.77 bits per heavy atom. The average Bonchev–Trinajstić information content (AvgIpc) is 3.86. The average molecular weight is 660 g/mol. The fourth-order valence-corrected chi connectivity index (χ4v) is 5.64. The van der Waals surface area contributed by atoms with Gasteiger partial charge in [0.2, 0.25) is 0 Å². The van der Waals surface area contributed by atoms with Gasteiger partial charge in [0.15, 0.2) is 16.7 Å². The van der Waals surface area contributed by atoms with Crippen LogP contribution in [0.1, 0.15) is 89.9 Å². The molecular formula is C36H41N3O9. The predicted octanol–water partition coefficient (Wildman–Crippen LogP) is 7.96.